The van der Waals surface area contributed by atoms with Crippen LogP contribution < -0.4 is 5.32 Å². The number of piperidine rings is 1. The molecular formula is C15H19FN2O3. The van der Waals surface area contributed by atoms with E-state index in [-0.39, 0.29) is 36.7 Å². The van der Waals surface area contributed by atoms with Crippen LogP contribution in [0, 0.1) is 11.7 Å². The first-order chi connectivity index (χ1) is 10.1. The van der Waals surface area contributed by atoms with Gasteiger partial charge in [-0.05, 0) is 37.1 Å². The lowest BCUT2D eigenvalue weighted by atomic mass is 9.96. The van der Waals surface area contributed by atoms with Gasteiger partial charge in [-0.1, -0.05) is 0 Å². The Morgan fingerprint density at radius 2 is 2.05 bits per heavy atom. The van der Waals surface area contributed by atoms with Crippen molar-refractivity contribution in [1.29, 1.82) is 0 Å². The minimum atomic E-state index is -0.383. The fourth-order valence-corrected chi connectivity index (χ4v) is 2.47. The number of amides is 2. The lowest BCUT2D eigenvalue weighted by Gasteiger charge is -2.32. The summed E-state index contributed by atoms with van der Waals surface area (Å²) in [5.41, 5.74) is 0.424. The summed E-state index contributed by atoms with van der Waals surface area (Å²) in [6.07, 6.45) is 1.48. The average molecular weight is 294 g/mol. The zero-order valence-electron chi connectivity index (χ0n) is 11.7. The van der Waals surface area contributed by atoms with Crippen LogP contribution in [0.25, 0.3) is 0 Å². The Kier molecular flexibility index (Phi) is 5.27. The monoisotopic (exact) mass is 294 g/mol. The number of aliphatic hydroxyl groups excluding tert-OH is 1. The highest BCUT2D eigenvalue weighted by Crippen LogP contribution is 2.19. The number of carbonyl (C=O) groups excluding carboxylic acids is 2. The molecule has 1 aliphatic rings. The van der Waals surface area contributed by atoms with Crippen molar-refractivity contribution in [2.24, 2.45) is 5.92 Å². The van der Waals surface area contributed by atoms with Crippen LogP contribution in [-0.2, 0) is 4.79 Å². The molecule has 5 nitrogen and oxygen atoms in total. The molecule has 0 saturated carbocycles. The summed E-state index contributed by atoms with van der Waals surface area (Å²) in [6, 6.07) is 5.41. The Morgan fingerprint density at radius 1 is 1.33 bits per heavy atom. The number of benzene rings is 1. The molecule has 1 aromatic rings. The van der Waals surface area contributed by atoms with E-state index in [0.717, 1.165) is 12.8 Å². The molecule has 1 atom stereocenters. The highest BCUT2D eigenvalue weighted by molar-refractivity contribution is 5.94. The number of hydrogen-bond acceptors (Lipinski definition) is 3. The van der Waals surface area contributed by atoms with Crippen molar-refractivity contribution < 1.29 is 19.1 Å². The number of halogens is 1. The number of likely N-dealkylation sites (tertiary alicyclic amines) is 1. The molecule has 21 heavy (non-hydrogen) atoms. The normalized spacial score (nSPS) is 18.4. The third kappa shape index (κ3) is 4.01. The molecule has 0 aliphatic carbocycles. The number of hydrogen-bond donors (Lipinski definition) is 2. The van der Waals surface area contributed by atoms with Gasteiger partial charge in [0.15, 0.2) is 0 Å². The summed E-state index contributed by atoms with van der Waals surface area (Å²) in [7, 11) is 0. The van der Waals surface area contributed by atoms with Gasteiger partial charge in [0.05, 0.1) is 12.5 Å². The summed E-state index contributed by atoms with van der Waals surface area (Å²) < 4.78 is 12.9. The fraction of sp³-hybridized carbons (Fsp3) is 0.467. The van der Waals surface area contributed by atoms with Gasteiger partial charge in [0.2, 0.25) is 5.91 Å². The van der Waals surface area contributed by atoms with Gasteiger partial charge in [-0.25, -0.2) is 4.39 Å². The van der Waals surface area contributed by atoms with Gasteiger partial charge in [0, 0.05) is 25.2 Å². The van der Waals surface area contributed by atoms with Crippen molar-refractivity contribution in [3.05, 3.63) is 35.6 Å². The molecule has 1 heterocycles. The maximum Gasteiger partial charge on any atom is 0.253 e. The van der Waals surface area contributed by atoms with Gasteiger partial charge in [0.25, 0.3) is 5.91 Å². The maximum atomic E-state index is 12.9. The summed E-state index contributed by atoms with van der Waals surface area (Å²) >= 11 is 0. The summed E-state index contributed by atoms with van der Waals surface area (Å²) in [4.78, 5) is 25.8. The van der Waals surface area contributed by atoms with E-state index in [1.165, 1.54) is 24.3 Å². The van der Waals surface area contributed by atoms with Crippen molar-refractivity contribution in [3.63, 3.8) is 0 Å². The van der Waals surface area contributed by atoms with Gasteiger partial charge in [-0.3, -0.25) is 9.59 Å². The zero-order chi connectivity index (χ0) is 15.2. The third-order valence-corrected chi connectivity index (χ3v) is 3.58. The first-order valence-corrected chi connectivity index (χ1v) is 7.05. The van der Waals surface area contributed by atoms with E-state index in [2.05, 4.69) is 5.32 Å². The van der Waals surface area contributed by atoms with Crippen LogP contribution in [-0.4, -0.2) is 48.1 Å². The molecule has 0 spiro atoms. The first kappa shape index (κ1) is 15.4. The van der Waals surface area contributed by atoms with Gasteiger partial charge in [-0.2, -0.15) is 0 Å². The Balaban J connectivity index is 1.98. The molecule has 1 fully saturated rings. The molecule has 0 bridgehead atoms. The zero-order valence-corrected chi connectivity index (χ0v) is 11.7. The number of rotatable bonds is 4. The fourth-order valence-electron chi connectivity index (χ4n) is 2.47. The van der Waals surface area contributed by atoms with Crippen molar-refractivity contribution >= 4 is 11.8 Å². The van der Waals surface area contributed by atoms with Crippen molar-refractivity contribution in [2.75, 3.05) is 26.2 Å². The van der Waals surface area contributed by atoms with Gasteiger partial charge >= 0.3 is 0 Å². The lowest BCUT2D eigenvalue weighted by Crippen LogP contribution is -2.45. The van der Waals surface area contributed by atoms with Crippen LogP contribution in [0.3, 0.4) is 0 Å². The molecule has 114 valence electrons. The highest BCUT2D eigenvalue weighted by Gasteiger charge is 2.28. The second kappa shape index (κ2) is 7.17. The molecule has 1 aliphatic heterocycles. The Labute approximate surface area is 122 Å². The van der Waals surface area contributed by atoms with E-state index < -0.39 is 0 Å². The van der Waals surface area contributed by atoms with Crippen LogP contribution in [0.2, 0.25) is 0 Å². The minimum Gasteiger partial charge on any atom is -0.395 e. The van der Waals surface area contributed by atoms with Crippen LogP contribution in [0.1, 0.15) is 23.2 Å². The molecule has 0 radical (unpaired) electrons. The van der Waals surface area contributed by atoms with E-state index in [1.807, 2.05) is 0 Å². The topological polar surface area (TPSA) is 69.6 Å². The van der Waals surface area contributed by atoms with E-state index >= 15 is 0 Å². The van der Waals surface area contributed by atoms with Crippen molar-refractivity contribution in [1.82, 2.24) is 10.2 Å². The standard InChI is InChI=1S/C15H19FN2O3/c16-13-5-3-11(4-6-13)15(21)18-8-1-2-12(10-18)14(20)17-7-9-19/h3-6,12,19H,1-2,7-10H2,(H,17,20). The van der Waals surface area contributed by atoms with Crippen LogP contribution in [0.15, 0.2) is 24.3 Å². The molecule has 2 amide bonds. The largest absolute Gasteiger partial charge is 0.395 e. The predicted octanol–water partition coefficient (Wildman–Crippen LogP) is 0.786. The number of aliphatic hydroxyl groups is 1. The quantitative estimate of drug-likeness (QED) is 0.862. The minimum absolute atomic E-state index is 0.101. The van der Waals surface area contributed by atoms with Gasteiger partial charge < -0.3 is 15.3 Å². The molecule has 0 aromatic heterocycles. The summed E-state index contributed by atoms with van der Waals surface area (Å²) in [6.45, 7) is 1.07. The van der Waals surface area contributed by atoms with E-state index in [4.69, 9.17) is 5.11 Å². The molecule has 1 unspecified atom stereocenters. The molecule has 6 heteroatoms. The maximum absolute atomic E-state index is 12.9. The molecule has 1 aromatic carbocycles. The molecule has 2 N–H and O–H groups in total. The Morgan fingerprint density at radius 3 is 2.71 bits per heavy atom. The summed E-state index contributed by atoms with van der Waals surface area (Å²) in [5.74, 6) is -0.962. The first-order valence-electron chi connectivity index (χ1n) is 7.05. The second-order valence-electron chi connectivity index (χ2n) is 5.11. The SMILES string of the molecule is O=C(NCCO)C1CCCN(C(=O)c2ccc(F)cc2)C1. The van der Waals surface area contributed by atoms with Gasteiger partial charge in [-0.15, -0.1) is 0 Å². The van der Waals surface area contributed by atoms with Crippen molar-refractivity contribution in [3.8, 4) is 0 Å². The molecular weight excluding hydrogens is 275 g/mol. The van der Waals surface area contributed by atoms with Crippen LogP contribution >= 0.6 is 0 Å². The van der Waals surface area contributed by atoms with Gasteiger partial charge in [0.1, 0.15) is 5.82 Å². The number of nitrogens with one attached hydrogen (secondary N) is 1. The smallest absolute Gasteiger partial charge is 0.253 e. The molecule has 2 rings (SSSR count). The van der Waals surface area contributed by atoms with Crippen LogP contribution in [0.5, 0.6) is 0 Å². The number of carbonyl (C=O) groups is 2. The van der Waals surface area contributed by atoms with E-state index in [9.17, 15) is 14.0 Å². The van der Waals surface area contributed by atoms with E-state index in [1.54, 1.807) is 4.90 Å². The highest BCUT2D eigenvalue weighted by atomic mass is 19.1. The third-order valence-electron chi connectivity index (χ3n) is 3.58. The van der Waals surface area contributed by atoms with E-state index in [0.29, 0.717) is 18.7 Å². The Hall–Kier alpha value is -1.95. The lowest BCUT2D eigenvalue weighted by molar-refractivity contribution is -0.126. The second-order valence-corrected chi connectivity index (χ2v) is 5.11. The summed E-state index contributed by atoms with van der Waals surface area (Å²) in [5, 5.41) is 11.3. The number of nitrogens with zero attached hydrogens (tertiary/aromatic N) is 1. The average Bonchev–Trinajstić information content (AvgIpc) is 2.52. The molecule has 1 saturated heterocycles. The Bertz CT molecular complexity index is 504. The van der Waals surface area contributed by atoms with Crippen molar-refractivity contribution in [2.45, 2.75) is 12.8 Å². The predicted molar refractivity (Wildman–Crippen MR) is 75.1 cm³/mol. The van der Waals surface area contributed by atoms with Crippen LogP contribution in [0.4, 0.5) is 4.39 Å².